The van der Waals surface area contributed by atoms with Crippen LogP contribution in [-0.2, 0) is 9.53 Å². The summed E-state index contributed by atoms with van der Waals surface area (Å²) in [5.41, 5.74) is 2.66. The lowest BCUT2D eigenvalue weighted by Crippen LogP contribution is -2.33. The predicted octanol–water partition coefficient (Wildman–Crippen LogP) is 6.44. The molecule has 6 nitrogen and oxygen atoms in total. The number of urea groups is 1. The smallest absolute Gasteiger partial charge is 0.323 e. The van der Waals surface area contributed by atoms with E-state index in [1.165, 1.54) is 7.11 Å². The number of hydrogen-bond acceptors (Lipinski definition) is 4. The number of methoxy groups -OCH3 is 1. The number of carbonyl (C=O) groups is 3. The number of hydrogen-bond donors (Lipinski definition) is 2. The Balaban J connectivity index is 1.39. The van der Waals surface area contributed by atoms with Gasteiger partial charge in [-0.25, -0.2) is 13.6 Å². The largest absolute Gasteiger partial charge is 0.469 e. The van der Waals surface area contributed by atoms with Gasteiger partial charge < -0.3 is 15.4 Å². The van der Waals surface area contributed by atoms with E-state index < -0.39 is 23.6 Å². The molecular formula is C28H26F2N2O4. The van der Waals surface area contributed by atoms with Crippen molar-refractivity contribution in [3.05, 3.63) is 83.9 Å². The molecule has 3 aromatic carbocycles. The minimum Gasteiger partial charge on any atom is -0.469 e. The standard InChI is InChI=1S/C28H26F2N2O4/c1-36-27(34)23-5-3-2-4-22(23)26(33)19-8-6-17(7-9-19)18-10-13-21(14-11-18)31-28(35)32-25-15-12-20(29)16-24(25)30/h6-16,22-23H,2-5H2,1H3,(H2,31,32,35). The van der Waals surface area contributed by atoms with E-state index in [0.717, 1.165) is 36.1 Å². The van der Waals surface area contributed by atoms with Crippen molar-refractivity contribution in [3.8, 4) is 11.1 Å². The average Bonchev–Trinajstić information content (AvgIpc) is 2.90. The van der Waals surface area contributed by atoms with Crippen LogP contribution in [0.25, 0.3) is 11.1 Å². The van der Waals surface area contributed by atoms with Gasteiger partial charge in [-0.15, -0.1) is 0 Å². The van der Waals surface area contributed by atoms with E-state index in [1.807, 2.05) is 12.1 Å². The van der Waals surface area contributed by atoms with E-state index in [2.05, 4.69) is 10.6 Å². The molecule has 4 rings (SSSR count). The molecule has 1 fully saturated rings. The van der Waals surface area contributed by atoms with Crippen molar-refractivity contribution >= 4 is 29.2 Å². The Kier molecular flexibility index (Phi) is 7.73. The van der Waals surface area contributed by atoms with Gasteiger partial charge >= 0.3 is 12.0 Å². The molecule has 3 aromatic rings. The zero-order chi connectivity index (χ0) is 25.7. The minimum atomic E-state index is -0.869. The second kappa shape index (κ2) is 11.1. The number of anilines is 2. The Morgan fingerprint density at radius 3 is 2.03 bits per heavy atom. The van der Waals surface area contributed by atoms with Crippen LogP contribution >= 0.6 is 0 Å². The number of rotatable bonds is 6. The van der Waals surface area contributed by atoms with Crippen LogP contribution in [0.1, 0.15) is 36.0 Å². The zero-order valence-corrected chi connectivity index (χ0v) is 19.7. The van der Waals surface area contributed by atoms with Crippen molar-refractivity contribution in [1.29, 1.82) is 0 Å². The first-order valence-corrected chi connectivity index (χ1v) is 11.7. The summed E-state index contributed by atoms with van der Waals surface area (Å²) >= 11 is 0. The first-order valence-electron chi connectivity index (χ1n) is 11.7. The molecule has 1 saturated carbocycles. The second-order valence-electron chi connectivity index (χ2n) is 8.74. The van der Waals surface area contributed by atoms with Crippen LogP contribution in [0, 0.1) is 23.5 Å². The average molecular weight is 493 g/mol. The molecular weight excluding hydrogens is 466 g/mol. The summed E-state index contributed by atoms with van der Waals surface area (Å²) < 4.78 is 31.6. The predicted molar refractivity (Wildman–Crippen MR) is 133 cm³/mol. The van der Waals surface area contributed by atoms with Crippen LogP contribution in [0.4, 0.5) is 25.0 Å². The fourth-order valence-corrected chi connectivity index (χ4v) is 4.54. The fourth-order valence-electron chi connectivity index (χ4n) is 4.54. The van der Waals surface area contributed by atoms with Gasteiger partial charge in [0.05, 0.1) is 18.7 Å². The first kappa shape index (κ1) is 25.0. The van der Waals surface area contributed by atoms with Gasteiger partial charge in [0.15, 0.2) is 5.78 Å². The van der Waals surface area contributed by atoms with Crippen molar-refractivity contribution in [2.45, 2.75) is 25.7 Å². The number of Topliss-reactive ketones (excluding diaryl/α,β-unsaturated/α-hetero) is 1. The molecule has 0 spiro atoms. The third-order valence-electron chi connectivity index (χ3n) is 6.43. The van der Waals surface area contributed by atoms with Gasteiger partial charge in [0.2, 0.25) is 0 Å². The molecule has 2 atom stereocenters. The monoisotopic (exact) mass is 492 g/mol. The van der Waals surface area contributed by atoms with Crippen molar-refractivity contribution in [1.82, 2.24) is 0 Å². The molecule has 2 N–H and O–H groups in total. The lowest BCUT2D eigenvalue weighted by atomic mass is 9.75. The molecule has 0 heterocycles. The van der Waals surface area contributed by atoms with Gasteiger partial charge in [-0.3, -0.25) is 9.59 Å². The summed E-state index contributed by atoms with van der Waals surface area (Å²) in [6.45, 7) is 0. The number of carbonyl (C=O) groups excluding carboxylic acids is 3. The Hall–Kier alpha value is -4.07. The molecule has 8 heteroatoms. The number of benzene rings is 3. The summed E-state index contributed by atoms with van der Waals surface area (Å²) in [6, 6.07) is 16.4. The number of ketones is 1. The highest BCUT2D eigenvalue weighted by Crippen LogP contribution is 2.34. The van der Waals surface area contributed by atoms with Crippen molar-refractivity contribution < 1.29 is 27.9 Å². The van der Waals surface area contributed by atoms with E-state index >= 15 is 0 Å². The first-order chi connectivity index (χ1) is 17.4. The second-order valence-corrected chi connectivity index (χ2v) is 8.74. The molecule has 2 unspecified atom stereocenters. The maximum atomic E-state index is 13.7. The van der Waals surface area contributed by atoms with Crippen LogP contribution in [-0.4, -0.2) is 24.9 Å². The number of ether oxygens (including phenoxy) is 1. The normalized spacial score (nSPS) is 17.2. The highest BCUT2D eigenvalue weighted by atomic mass is 19.1. The molecule has 0 aromatic heterocycles. The van der Waals surface area contributed by atoms with Gasteiger partial charge in [-0.1, -0.05) is 49.2 Å². The fraction of sp³-hybridized carbons (Fsp3) is 0.250. The Bertz CT molecular complexity index is 1260. The van der Waals surface area contributed by atoms with Gasteiger partial charge in [0, 0.05) is 23.2 Å². The summed E-state index contributed by atoms with van der Waals surface area (Å²) in [7, 11) is 1.35. The van der Waals surface area contributed by atoms with E-state index in [1.54, 1.807) is 36.4 Å². The maximum absolute atomic E-state index is 13.7. The summed E-state index contributed by atoms with van der Waals surface area (Å²) in [4.78, 5) is 37.4. The third-order valence-corrected chi connectivity index (χ3v) is 6.43. The lowest BCUT2D eigenvalue weighted by Gasteiger charge is -2.28. The summed E-state index contributed by atoms with van der Waals surface area (Å²) in [5.74, 6) is -2.73. The van der Waals surface area contributed by atoms with E-state index in [4.69, 9.17) is 4.74 Å². The number of nitrogens with one attached hydrogen (secondary N) is 2. The van der Waals surface area contributed by atoms with E-state index in [0.29, 0.717) is 30.2 Å². The van der Waals surface area contributed by atoms with Crippen molar-refractivity contribution in [3.63, 3.8) is 0 Å². The van der Waals surface area contributed by atoms with Crippen LogP contribution in [0.3, 0.4) is 0 Å². The van der Waals surface area contributed by atoms with Crippen molar-refractivity contribution in [2.75, 3.05) is 17.7 Å². The number of amides is 2. The van der Waals surface area contributed by atoms with Gasteiger partial charge in [-0.05, 0) is 48.2 Å². The molecule has 1 aliphatic carbocycles. The van der Waals surface area contributed by atoms with E-state index in [9.17, 15) is 23.2 Å². The quantitative estimate of drug-likeness (QED) is 0.306. The van der Waals surface area contributed by atoms with Crippen LogP contribution in [0.2, 0.25) is 0 Å². The van der Waals surface area contributed by atoms with Gasteiger partial charge in [0.25, 0.3) is 0 Å². The molecule has 1 aliphatic rings. The third kappa shape index (κ3) is 5.76. The van der Waals surface area contributed by atoms with E-state index in [-0.39, 0.29) is 23.4 Å². The zero-order valence-electron chi connectivity index (χ0n) is 19.7. The van der Waals surface area contributed by atoms with Crippen LogP contribution in [0.15, 0.2) is 66.7 Å². The Morgan fingerprint density at radius 2 is 1.42 bits per heavy atom. The van der Waals surface area contributed by atoms with Gasteiger partial charge in [-0.2, -0.15) is 0 Å². The molecule has 0 radical (unpaired) electrons. The van der Waals surface area contributed by atoms with Gasteiger partial charge in [0.1, 0.15) is 11.6 Å². The highest BCUT2D eigenvalue weighted by Gasteiger charge is 2.36. The molecule has 0 saturated heterocycles. The maximum Gasteiger partial charge on any atom is 0.323 e. The SMILES string of the molecule is COC(=O)C1CCCCC1C(=O)c1ccc(-c2ccc(NC(=O)Nc3ccc(F)cc3F)cc2)cc1. The van der Waals surface area contributed by atoms with Crippen molar-refractivity contribution in [2.24, 2.45) is 11.8 Å². The highest BCUT2D eigenvalue weighted by molar-refractivity contribution is 6.01. The molecule has 0 aliphatic heterocycles. The molecule has 0 bridgehead atoms. The molecule has 186 valence electrons. The minimum absolute atomic E-state index is 0.0419. The molecule has 2 amide bonds. The van der Waals surface area contributed by atoms with Crippen LogP contribution in [0.5, 0.6) is 0 Å². The topological polar surface area (TPSA) is 84.5 Å². The number of esters is 1. The summed E-state index contributed by atoms with van der Waals surface area (Å²) in [6.07, 6.45) is 3.17. The Labute approximate surface area is 207 Å². The molecule has 36 heavy (non-hydrogen) atoms. The van der Waals surface area contributed by atoms with Crippen LogP contribution < -0.4 is 10.6 Å². The number of halogens is 2. The lowest BCUT2D eigenvalue weighted by molar-refractivity contribution is -0.147. The Morgan fingerprint density at radius 1 is 0.806 bits per heavy atom. The summed E-state index contributed by atoms with van der Waals surface area (Å²) in [5, 5.41) is 4.93.